The van der Waals surface area contributed by atoms with E-state index in [9.17, 15) is 4.79 Å². The lowest BCUT2D eigenvalue weighted by molar-refractivity contribution is -0.130. The fraction of sp³-hybridized carbons (Fsp3) is 0.412. The number of amides is 1. The van der Waals surface area contributed by atoms with E-state index in [4.69, 9.17) is 11.2 Å². The normalized spacial score (nSPS) is 19.0. The molecular weight excluding hydrogens is 278 g/mol. The van der Waals surface area contributed by atoms with Crippen molar-refractivity contribution in [2.45, 2.75) is 38.5 Å². The van der Waals surface area contributed by atoms with Crippen molar-refractivity contribution in [1.82, 2.24) is 14.9 Å². The molecular formula is C17H19N3O2. The third-order valence-electron chi connectivity index (χ3n) is 3.90. The Labute approximate surface area is 129 Å². The highest BCUT2D eigenvalue weighted by Gasteiger charge is 2.26. The van der Waals surface area contributed by atoms with Crippen LogP contribution in [0.4, 0.5) is 0 Å². The number of carbonyl (C=O) groups is 1. The molecule has 1 aliphatic rings. The van der Waals surface area contributed by atoms with Crippen molar-refractivity contribution >= 4 is 16.9 Å². The number of ether oxygens (including phenoxy) is 1. The predicted molar refractivity (Wildman–Crippen MR) is 84.1 cm³/mol. The summed E-state index contributed by atoms with van der Waals surface area (Å²) in [6.45, 7) is 3.00. The number of aromatic nitrogens is 2. The summed E-state index contributed by atoms with van der Waals surface area (Å²) in [5.74, 6) is 3.34. The lowest BCUT2D eigenvalue weighted by atomic mass is 10.2. The summed E-state index contributed by atoms with van der Waals surface area (Å²) in [4.78, 5) is 16.8. The number of fused-ring (bicyclic) bond motifs is 1. The second kappa shape index (κ2) is 6.20. The third kappa shape index (κ3) is 2.70. The van der Waals surface area contributed by atoms with Crippen molar-refractivity contribution in [3.8, 4) is 12.3 Å². The van der Waals surface area contributed by atoms with Crippen LogP contribution >= 0.6 is 0 Å². The molecule has 5 nitrogen and oxygen atoms in total. The average Bonchev–Trinajstić information content (AvgIpc) is 3.16. The number of terminal acetylenes is 1. The molecule has 22 heavy (non-hydrogen) atoms. The van der Waals surface area contributed by atoms with Gasteiger partial charge in [-0.15, -0.1) is 6.42 Å². The summed E-state index contributed by atoms with van der Waals surface area (Å²) in [6.07, 6.45) is 6.84. The number of imidazole rings is 1. The number of benzene rings is 1. The van der Waals surface area contributed by atoms with E-state index in [1.54, 1.807) is 0 Å². The summed E-state index contributed by atoms with van der Waals surface area (Å²) >= 11 is 0. The van der Waals surface area contributed by atoms with Gasteiger partial charge in [-0.1, -0.05) is 18.1 Å². The Bertz CT molecular complexity index is 723. The van der Waals surface area contributed by atoms with E-state index in [0.29, 0.717) is 13.2 Å². The number of hydrogen-bond donors (Lipinski definition) is 1. The molecule has 1 aromatic heterocycles. The Morgan fingerprint density at radius 2 is 2.41 bits per heavy atom. The minimum atomic E-state index is -0.340. The quantitative estimate of drug-likeness (QED) is 0.879. The molecule has 1 N–H and O–H groups in total. The highest BCUT2D eigenvalue weighted by Crippen LogP contribution is 2.21. The van der Waals surface area contributed by atoms with Crippen molar-refractivity contribution in [3.63, 3.8) is 0 Å². The van der Waals surface area contributed by atoms with Gasteiger partial charge in [-0.25, -0.2) is 4.98 Å². The number of carbonyl (C=O) groups excluding carboxylic acids is 1. The maximum Gasteiger partial charge on any atom is 0.249 e. The predicted octanol–water partition coefficient (Wildman–Crippen LogP) is 2.03. The Kier molecular flexibility index (Phi) is 4.12. The van der Waals surface area contributed by atoms with E-state index in [0.717, 1.165) is 29.7 Å². The van der Waals surface area contributed by atoms with E-state index < -0.39 is 0 Å². The molecule has 0 spiro atoms. The number of para-hydroxylation sites is 2. The molecule has 1 amide bonds. The standard InChI is InChI=1S/C17H19N3O2/c1-3-10-20-14-8-5-4-7-13(14)19-16(20)12(2)18-17(21)15-9-6-11-22-15/h1,4-5,7-8,12,15H,6,9-11H2,2H3,(H,18,21). The van der Waals surface area contributed by atoms with Crippen LogP contribution < -0.4 is 5.32 Å². The first-order valence-electron chi connectivity index (χ1n) is 7.51. The number of rotatable bonds is 4. The molecule has 0 aliphatic carbocycles. The first kappa shape index (κ1) is 14.6. The Morgan fingerprint density at radius 3 is 3.14 bits per heavy atom. The number of nitrogens with zero attached hydrogens (tertiary/aromatic N) is 2. The minimum absolute atomic E-state index is 0.0793. The van der Waals surface area contributed by atoms with Gasteiger partial charge >= 0.3 is 0 Å². The van der Waals surface area contributed by atoms with Gasteiger partial charge in [0.25, 0.3) is 0 Å². The first-order valence-corrected chi connectivity index (χ1v) is 7.51. The van der Waals surface area contributed by atoms with Gasteiger partial charge in [-0.05, 0) is 31.9 Å². The van der Waals surface area contributed by atoms with Crippen molar-refractivity contribution in [2.24, 2.45) is 0 Å². The molecule has 0 bridgehead atoms. The first-order chi connectivity index (χ1) is 10.7. The molecule has 3 rings (SSSR count). The van der Waals surface area contributed by atoms with Crippen LogP contribution in [0.25, 0.3) is 11.0 Å². The molecule has 2 unspecified atom stereocenters. The van der Waals surface area contributed by atoms with E-state index >= 15 is 0 Å². The molecule has 114 valence electrons. The van der Waals surface area contributed by atoms with Gasteiger partial charge in [-0.3, -0.25) is 4.79 Å². The van der Waals surface area contributed by atoms with Gasteiger partial charge in [0.05, 0.1) is 23.6 Å². The van der Waals surface area contributed by atoms with Crippen molar-refractivity contribution in [1.29, 1.82) is 0 Å². The van der Waals surface area contributed by atoms with Crippen LogP contribution in [0, 0.1) is 12.3 Å². The molecule has 1 fully saturated rings. The van der Waals surface area contributed by atoms with Gasteiger partial charge < -0.3 is 14.6 Å². The van der Waals surface area contributed by atoms with Crippen LogP contribution in [0.15, 0.2) is 24.3 Å². The Hall–Kier alpha value is -2.32. The zero-order valence-electron chi connectivity index (χ0n) is 12.6. The molecule has 0 radical (unpaired) electrons. The molecule has 2 heterocycles. The van der Waals surface area contributed by atoms with Crippen LogP contribution in [0.5, 0.6) is 0 Å². The highest BCUT2D eigenvalue weighted by atomic mass is 16.5. The summed E-state index contributed by atoms with van der Waals surface area (Å²) in [5, 5.41) is 2.98. The van der Waals surface area contributed by atoms with Gasteiger partial charge in [0.15, 0.2) is 0 Å². The molecule has 2 atom stereocenters. The average molecular weight is 297 g/mol. The SMILES string of the molecule is C#CCn1c(C(C)NC(=O)C2CCCO2)nc2ccccc21. The number of nitrogens with one attached hydrogen (secondary N) is 1. The van der Waals surface area contributed by atoms with E-state index in [2.05, 4.69) is 16.2 Å². The van der Waals surface area contributed by atoms with Crippen LogP contribution in [0.3, 0.4) is 0 Å². The van der Waals surface area contributed by atoms with E-state index in [-0.39, 0.29) is 18.1 Å². The Morgan fingerprint density at radius 1 is 1.59 bits per heavy atom. The van der Waals surface area contributed by atoms with Gasteiger partial charge in [0.2, 0.25) is 5.91 Å². The monoisotopic (exact) mass is 297 g/mol. The molecule has 2 aromatic rings. The number of hydrogen-bond acceptors (Lipinski definition) is 3. The van der Waals surface area contributed by atoms with Gasteiger partial charge in [-0.2, -0.15) is 0 Å². The second-order valence-electron chi connectivity index (χ2n) is 5.48. The Balaban J connectivity index is 1.86. The lowest BCUT2D eigenvalue weighted by Crippen LogP contribution is -2.36. The minimum Gasteiger partial charge on any atom is -0.368 e. The zero-order chi connectivity index (χ0) is 15.5. The summed E-state index contributed by atoms with van der Waals surface area (Å²) in [7, 11) is 0. The smallest absolute Gasteiger partial charge is 0.249 e. The molecule has 1 aromatic carbocycles. The maximum atomic E-state index is 12.2. The van der Waals surface area contributed by atoms with Crippen LogP contribution in [-0.4, -0.2) is 28.2 Å². The molecule has 1 saturated heterocycles. The maximum absolute atomic E-state index is 12.2. The van der Waals surface area contributed by atoms with Gasteiger partial charge in [0, 0.05) is 6.61 Å². The fourth-order valence-electron chi connectivity index (χ4n) is 2.84. The third-order valence-corrected chi connectivity index (χ3v) is 3.90. The topological polar surface area (TPSA) is 56.2 Å². The molecule has 0 saturated carbocycles. The summed E-state index contributed by atoms with van der Waals surface area (Å²) in [5.41, 5.74) is 1.86. The fourth-order valence-corrected chi connectivity index (χ4v) is 2.84. The van der Waals surface area contributed by atoms with Crippen LogP contribution in [0.1, 0.15) is 31.6 Å². The molecule has 5 heteroatoms. The highest BCUT2D eigenvalue weighted by molar-refractivity contribution is 5.81. The van der Waals surface area contributed by atoms with E-state index in [1.165, 1.54) is 0 Å². The second-order valence-corrected chi connectivity index (χ2v) is 5.48. The van der Waals surface area contributed by atoms with E-state index in [1.807, 2.05) is 35.8 Å². The summed E-state index contributed by atoms with van der Waals surface area (Å²) < 4.78 is 7.38. The van der Waals surface area contributed by atoms with Gasteiger partial charge in [0.1, 0.15) is 11.9 Å². The molecule has 1 aliphatic heterocycles. The van der Waals surface area contributed by atoms with Crippen molar-refractivity contribution in [3.05, 3.63) is 30.1 Å². The van der Waals surface area contributed by atoms with Crippen molar-refractivity contribution < 1.29 is 9.53 Å². The van der Waals surface area contributed by atoms with Crippen LogP contribution in [0.2, 0.25) is 0 Å². The van der Waals surface area contributed by atoms with Crippen LogP contribution in [-0.2, 0) is 16.1 Å². The zero-order valence-corrected chi connectivity index (χ0v) is 12.6. The summed E-state index contributed by atoms with van der Waals surface area (Å²) in [6, 6.07) is 7.60. The van der Waals surface area contributed by atoms with Crippen molar-refractivity contribution in [2.75, 3.05) is 6.61 Å². The largest absolute Gasteiger partial charge is 0.368 e. The lowest BCUT2D eigenvalue weighted by Gasteiger charge is -2.17.